The third-order valence-corrected chi connectivity index (χ3v) is 9.56. The third-order valence-electron chi connectivity index (χ3n) is 9.56. The molecule has 234 valence electrons. The molecular formula is C45H34N4. The molecule has 4 aromatic heterocycles. The molecule has 0 fully saturated rings. The molecule has 0 aliphatic heterocycles. The van der Waals surface area contributed by atoms with Gasteiger partial charge in [0.05, 0.1) is 22.6 Å². The van der Waals surface area contributed by atoms with Gasteiger partial charge < -0.3 is 0 Å². The Balaban J connectivity index is 1.33. The van der Waals surface area contributed by atoms with Crippen LogP contribution in [-0.4, -0.2) is 19.5 Å². The van der Waals surface area contributed by atoms with E-state index in [-0.39, 0.29) is 5.41 Å². The molecule has 0 radical (unpaired) electrons. The summed E-state index contributed by atoms with van der Waals surface area (Å²) in [6, 6.07) is 49.5. The van der Waals surface area contributed by atoms with Crippen molar-refractivity contribution >= 4 is 43.5 Å². The number of nitrogens with zero attached hydrogens (tertiary/aromatic N) is 4. The van der Waals surface area contributed by atoms with Gasteiger partial charge in [-0.1, -0.05) is 106 Å². The van der Waals surface area contributed by atoms with Crippen LogP contribution >= 0.6 is 0 Å². The number of aromatic nitrogens is 4. The monoisotopic (exact) mass is 630 g/mol. The maximum absolute atomic E-state index is 5.37. The van der Waals surface area contributed by atoms with Gasteiger partial charge in [-0.15, -0.1) is 0 Å². The number of benzene rings is 5. The molecule has 0 amide bonds. The van der Waals surface area contributed by atoms with Crippen molar-refractivity contribution in [1.29, 1.82) is 0 Å². The van der Waals surface area contributed by atoms with E-state index in [0.29, 0.717) is 0 Å². The highest BCUT2D eigenvalue weighted by atomic mass is 15.0. The zero-order valence-corrected chi connectivity index (χ0v) is 27.7. The quantitative estimate of drug-likeness (QED) is 0.182. The van der Waals surface area contributed by atoms with E-state index in [1.165, 1.54) is 32.5 Å². The fraction of sp³-hybridized carbons (Fsp3) is 0.0889. The van der Waals surface area contributed by atoms with Crippen LogP contribution < -0.4 is 0 Å². The van der Waals surface area contributed by atoms with E-state index in [2.05, 4.69) is 141 Å². The zero-order valence-electron chi connectivity index (χ0n) is 27.7. The molecule has 0 atom stereocenters. The van der Waals surface area contributed by atoms with E-state index in [0.717, 1.165) is 56.0 Å². The second-order valence-corrected chi connectivity index (χ2v) is 13.7. The molecule has 0 bridgehead atoms. The van der Waals surface area contributed by atoms with Crippen LogP contribution in [0.15, 0.2) is 152 Å². The smallest absolute Gasteiger partial charge is 0.145 e. The summed E-state index contributed by atoms with van der Waals surface area (Å²) in [4.78, 5) is 14.9. The number of pyridine rings is 3. The summed E-state index contributed by atoms with van der Waals surface area (Å²) in [5, 5.41) is 7.26. The number of rotatable bonds is 4. The molecule has 0 saturated heterocycles. The minimum absolute atomic E-state index is 0.0474. The fourth-order valence-electron chi connectivity index (χ4n) is 7.56. The summed E-state index contributed by atoms with van der Waals surface area (Å²) in [6.45, 7) is 6.91. The van der Waals surface area contributed by atoms with Crippen LogP contribution in [0, 0.1) is 0 Å². The minimum Gasteiger partial charge on any atom is -0.294 e. The van der Waals surface area contributed by atoms with E-state index in [1.807, 2.05) is 36.7 Å². The normalized spacial score (nSPS) is 12.0. The average Bonchev–Trinajstić information content (AvgIpc) is 3.48. The van der Waals surface area contributed by atoms with Gasteiger partial charge in [-0.25, -0.2) is 9.97 Å². The van der Waals surface area contributed by atoms with Crippen molar-refractivity contribution < 1.29 is 0 Å². The van der Waals surface area contributed by atoms with Gasteiger partial charge in [0.15, 0.2) is 0 Å². The molecule has 4 heterocycles. The van der Waals surface area contributed by atoms with Gasteiger partial charge in [-0.3, -0.25) is 9.55 Å². The molecule has 9 aromatic rings. The molecule has 0 unspecified atom stereocenters. The first-order chi connectivity index (χ1) is 24.0. The van der Waals surface area contributed by atoms with E-state index in [9.17, 15) is 0 Å². The molecule has 4 nitrogen and oxygen atoms in total. The van der Waals surface area contributed by atoms with E-state index >= 15 is 0 Å². The summed E-state index contributed by atoms with van der Waals surface area (Å²) in [7, 11) is 0. The Bertz CT molecular complexity index is 2590. The minimum atomic E-state index is -0.0474. The summed E-state index contributed by atoms with van der Waals surface area (Å²) >= 11 is 0. The predicted molar refractivity (Wildman–Crippen MR) is 204 cm³/mol. The van der Waals surface area contributed by atoms with E-state index < -0.39 is 0 Å². The second-order valence-electron chi connectivity index (χ2n) is 13.7. The van der Waals surface area contributed by atoms with Crippen molar-refractivity contribution in [1.82, 2.24) is 19.5 Å². The zero-order chi connectivity index (χ0) is 33.1. The Morgan fingerprint density at radius 2 is 1.10 bits per heavy atom. The van der Waals surface area contributed by atoms with Gasteiger partial charge in [0.2, 0.25) is 0 Å². The maximum atomic E-state index is 5.37. The lowest BCUT2D eigenvalue weighted by molar-refractivity contribution is 0.601. The van der Waals surface area contributed by atoms with Crippen molar-refractivity contribution in [3.8, 4) is 39.5 Å². The molecular weight excluding hydrogens is 597 g/mol. The number of para-hydroxylation sites is 1. The molecule has 49 heavy (non-hydrogen) atoms. The molecule has 0 N–H and O–H groups in total. The standard InChI is InChI=1S/C45H34N4/c1-45(2,3)43-35-19-6-4-17-33(35)42(34-18-5-7-20-36(34)43)40-28-30(27-39(48-40)38-22-10-11-24-46-38)29-14-12-15-31(26-29)49-41-23-9-8-16-32(41)37-21-13-25-47-44(37)49/h4-28H,1-3H3. The van der Waals surface area contributed by atoms with Crippen molar-refractivity contribution in [2.45, 2.75) is 26.2 Å². The molecule has 9 rings (SSSR count). The van der Waals surface area contributed by atoms with Crippen LogP contribution in [0.5, 0.6) is 0 Å². The molecule has 0 spiro atoms. The Labute approximate surface area is 285 Å². The van der Waals surface area contributed by atoms with Gasteiger partial charge in [0.1, 0.15) is 5.65 Å². The molecule has 0 aliphatic carbocycles. The predicted octanol–water partition coefficient (Wildman–Crippen LogP) is 11.6. The number of fused-ring (bicyclic) bond motifs is 5. The largest absolute Gasteiger partial charge is 0.294 e. The van der Waals surface area contributed by atoms with Crippen LogP contribution in [0.3, 0.4) is 0 Å². The molecule has 4 heteroatoms. The first kappa shape index (κ1) is 29.0. The summed E-state index contributed by atoms with van der Waals surface area (Å²) in [5.41, 5.74) is 10.4. The van der Waals surface area contributed by atoms with Crippen molar-refractivity contribution in [2.24, 2.45) is 0 Å². The Hall–Kier alpha value is -6.13. The third kappa shape index (κ3) is 4.79. The average molecular weight is 631 g/mol. The molecule has 0 saturated carbocycles. The maximum Gasteiger partial charge on any atom is 0.145 e. The molecule has 0 aliphatic rings. The highest BCUT2D eigenvalue weighted by molar-refractivity contribution is 6.15. The van der Waals surface area contributed by atoms with Gasteiger partial charge in [-0.05, 0) is 98.2 Å². The first-order valence-corrected chi connectivity index (χ1v) is 16.8. The summed E-state index contributed by atoms with van der Waals surface area (Å²) in [5.74, 6) is 0. The van der Waals surface area contributed by atoms with Crippen molar-refractivity contribution in [2.75, 3.05) is 0 Å². The Morgan fingerprint density at radius 1 is 0.469 bits per heavy atom. The second kappa shape index (κ2) is 11.2. The van der Waals surface area contributed by atoms with E-state index in [4.69, 9.17) is 15.0 Å². The highest BCUT2D eigenvalue weighted by Crippen LogP contribution is 2.44. The van der Waals surface area contributed by atoms with Crippen molar-refractivity contribution in [3.63, 3.8) is 0 Å². The lowest BCUT2D eigenvalue weighted by Gasteiger charge is -2.26. The Morgan fingerprint density at radius 3 is 1.82 bits per heavy atom. The SMILES string of the molecule is CC(C)(C)c1c2ccccc2c(-c2cc(-c3cccc(-n4c5ccccc5c5cccnc54)c3)cc(-c3ccccn3)n2)c2ccccc12. The summed E-state index contributed by atoms with van der Waals surface area (Å²) in [6.07, 6.45) is 3.71. The van der Waals surface area contributed by atoms with Gasteiger partial charge in [-0.2, -0.15) is 0 Å². The van der Waals surface area contributed by atoms with Crippen LogP contribution in [0.1, 0.15) is 26.3 Å². The van der Waals surface area contributed by atoms with Gasteiger partial charge in [0.25, 0.3) is 0 Å². The lowest BCUT2D eigenvalue weighted by atomic mass is 9.78. The van der Waals surface area contributed by atoms with Crippen LogP contribution in [0.2, 0.25) is 0 Å². The van der Waals surface area contributed by atoms with E-state index in [1.54, 1.807) is 0 Å². The molecule has 5 aromatic carbocycles. The topological polar surface area (TPSA) is 43.6 Å². The first-order valence-electron chi connectivity index (χ1n) is 16.8. The van der Waals surface area contributed by atoms with Crippen LogP contribution in [-0.2, 0) is 5.41 Å². The highest BCUT2D eigenvalue weighted by Gasteiger charge is 2.24. The van der Waals surface area contributed by atoms with Crippen LogP contribution in [0.25, 0.3) is 82.9 Å². The fourth-order valence-corrected chi connectivity index (χ4v) is 7.56. The number of hydrogen-bond donors (Lipinski definition) is 0. The van der Waals surface area contributed by atoms with Crippen LogP contribution in [0.4, 0.5) is 0 Å². The van der Waals surface area contributed by atoms with Crippen molar-refractivity contribution in [3.05, 3.63) is 157 Å². The summed E-state index contributed by atoms with van der Waals surface area (Å²) < 4.78 is 2.27. The van der Waals surface area contributed by atoms with Gasteiger partial charge >= 0.3 is 0 Å². The Kier molecular flexibility index (Phi) is 6.66. The lowest BCUT2D eigenvalue weighted by Crippen LogP contribution is -2.13. The van der Waals surface area contributed by atoms with Gasteiger partial charge in [0, 0.05) is 34.4 Å². The number of hydrogen-bond acceptors (Lipinski definition) is 3.